The lowest BCUT2D eigenvalue weighted by molar-refractivity contribution is 0.0255. The first kappa shape index (κ1) is 30.6. The minimum Gasteiger partial charge on any atom is -0.441 e. The zero-order valence-electron chi connectivity index (χ0n) is 24.8. The molecule has 3 N–H and O–H groups in total. The normalized spacial score (nSPS) is 17.9. The number of carbonyl (C=O) groups excluding carboxylic acids is 2. The molecule has 1 unspecified atom stereocenters. The second-order valence-corrected chi connectivity index (χ2v) is 13.1. The Labute approximate surface area is 266 Å². The summed E-state index contributed by atoms with van der Waals surface area (Å²) in [6.07, 6.45) is 5.52. The number of anilines is 2. The minimum atomic E-state index is -1.15. The SMILES string of the molecule is Nc1ccc2c(c1)[Si]c1cc(N3CCC3)ccc1C21OC(=O)c2ccc(C(=O)NCCOCCOCCCCCCCl)cc21. The molecule has 3 aliphatic rings. The second kappa shape index (κ2) is 13.7. The number of ether oxygens (including phenoxy) is 3. The number of carbonyl (C=O) groups is 2. The zero-order valence-corrected chi connectivity index (χ0v) is 26.6. The van der Waals surface area contributed by atoms with Crippen LogP contribution >= 0.6 is 11.6 Å². The molecule has 3 aromatic rings. The Hall–Kier alpha value is -3.37. The smallest absolute Gasteiger partial charge is 0.340 e. The lowest BCUT2D eigenvalue weighted by atomic mass is 9.78. The largest absolute Gasteiger partial charge is 0.441 e. The summed E-state index contributed by atoms with van der Waals surface area (Å²) >= 11 is 5.70. The van der Waals surface area contributed by atoms with E-state index in [1.807, 2.05) is 18.2 Å². The fourth-order valence-corrected chi connectivity index (χ4v) is 7.82. The van der Waals surface area contributed by atoms with Gasteiger partial charge in [-0.2, -0.15) is 0 Å². The third-order valence-corrected chi connectivity index (χ3v) is 10.1. The summed E-state index contributed by atoms with van der Waals surface area (Å²) in [4.78, 5) is 28.9. The van der Waals surface area contributed by atoms with Crippen LogP contribution in [0.15, 0.2) is 54.6 Å². The van der Waals surface area contributed by atoms with Gasteiger partial charge in [0.05, 0.1) is 25.4 Å². The summed E-state index contributed by atoms with van der Waals surface area (Å²) in [6.45, 7) is 4.55. The van der Waals surface area contributed by atoms with Crippen LogP contribution < -0.4 is 26.3 Å². The fourth-order valence-electron chi connectivity index (χ4n) is 6.09. The molecule has 0 saturated carbocycles. The highest BCUT2D eigenvalue weighted by Crippen LogP contribution is 2.48. The first-order valence-corrected chi connectivity index (χ1v) is 17.0. The number of halogens is 1. The van der Waals surface area contributed by atoms with Crippen molar-refractivity contribution in [2.75, 3.05) is 62.6 Å². The van der Waals surface area contributed by atoms with Crippen LogP contribution in [-0.2, 0) is 19.8 Å². The highest BCUT2D eigenvalue weighted by atomic mass is 35.5. The molecule has 1 fully saturated rings. The van der Waals surface area contributed by atoms with Crippen LogP contribution in [0.3, 0.4) is 0 Å². The Morgan fingerprint density at radius 2 is 1.66 bits per heavy atom. The van der Waals surface area contributed by atoms with E-state index < -0.39 is 11.6 Å². The van der Waals surface area contributed by atoms with E-state index in [1.165, 1.54) is 12.1 Å². The van der Waals surface area contributed by atoms with E-state index in [9.17, 15) is 9.59 Å². The number of fused-ring (bicyclic) bond motifs is 6. The molecular weight excluding hydrogens is 594 g/mol. The fraction of sp³-hybridized carbons (Fsp3) is 0.412. The third kappa shape index (κ3) is 6.11. The average Bonchev–Trinajstić information content (AvgIpc) is 3.28. The van der Waals surface area contributed by atoms with Crippen LogP contribution in [-0.4, -0.2) is 73.3 Å². The Bertz CT molecular complexity index is 1530. The summed E-state index contributed by atoms with van der Waals surface area (Å²) in [7, 11) is 0.371. The predicted octanol–water partition coefficient (Wildman–Crippen LogP) is 3.47. The molecule has 0 aromatic heterocycles. The lowest BCUT2D eigenvalue weighted by Crippen LogP contribution is -2.50. The van der Waals surface area contributed by atoms with Crippen LogP contribution in [0.4, 0.5) is 11.4 Å². The van der Waals surface area contributed by atoms with Gasteiger partial charge in [-0.25, -0.2) is 4.79 Å². The number of hydrogen-bond acceptors (Lipinski definition) is 7. The topological polar surface area (TPSA) is 103 Å². The van der Waals surface area contributed by atoms with Gasteiger partial charge >= 0.3 is 5.97 Å². The maximum atomic E-state index is 13.3. The van der Waals surface area contributed by atoms with Crippen LogP contribution in [0.1, 0.15) is 69.5 Å². The van der Waals surface area contributed by atoms with E-state index in [1.54, 1.807) is 18.2 Å². The van der Waals surface area contributed by atoms with Gasteiger partial charge in [-0.1, -0.05) is 25.0 Å². The standard InChI is InChI=1S/C34H38ClN3O5Si/c35-12-3-1-2-4-16-41-18-19-42-17-13-37-32(39)23-6-9-26-29(20-23)34(43-33(26)40)27-10-7-24(36)21-30(27)44-31-22-25(8-11-28(31)34)38-14-5-15-38/h6-11,20-22H,1-5,12-19,36H2,(H,37,39). The zero-order chi connectivity index (χ0) is 30.5. The first-order valence-electron chi connectivity index (χ1n) is 15.5. The molecule has 0 aliphatic carbocycles. The molecule has 1 atom stereocenters. The number of unbranched alkanes of at least 4 members (excludes halogenated alkanes) is 3. The van der Waals surface area contributed by atoms with E-state index in [0.717, 1.165) is 66.9 Å². The van der Waals surface area contributed by atoms with Crippen molar-refractivity contribution in [1.82, 2.24) is 5.32 Å². The van der Waals surface area contributed by atoms with E-state index >= 15 is 0 Å². The number of nitrogens with two attached hydrogens (primary N) is 1. The van der Waals surface area contributed by atoms with E-state index in [4.69, 9.17) is 31.5 Å². The Balaban J connectivity index is 1.15. The maximum absolute atomic E-state index is 13.3. The van der Waals surface area contributed by atoms with E-state index in [0.29, 0.717) is 64.1 Å². The van der Waals surface area contributed by atoms with Crippen molar-refractivity contribution in [3.05, 3.63) is 82.4 Å². The third-order valence-electron chi connectivity index (χ3n) is 8.50. The predicted molar refractivity (Wildman–Crippen MR) is 174 cm³/mol. The molecule has 44 heavy (non-hydrogen) atoms. The molecule has 0 bridgehead atoms. The van der Waals surface area contributed by atoms with Crippen molar-refractivity contribution in [3.63, 3.8) is 0 Å². The van der Waals surface area contributed by atoms with Crippen LogP contribution in [0.5, 0.6) is 0 Å². The quantitative estimate of drug-likeness (QED) is 0.0924. The molecule has 8 nitrogen and oxygen atoms in total. The number of nitrogens with zero attached hydrogens (tertiary/aromatic N) is 1. The molecule has 2 radical (unpaired) electrons. The lowest BCUT2D eigenvalue weighted by Gasteiger charge is -2.39. The van der Waals surface area contributed by atoms with Crippen LogP contribution in [0.25, 0.3) is 0 Å². The molecule has 1 spiro atoms. The number of esters is 1. The average molecular weight is 632 g/mol. The summed E-state index contributed by atoms with van der Waals surface area (Å²) in [6, 6.07) is 17.4. The van der Waals surface area contributed by atoms with Gasteiger partial charge in [0.15, 0.2) is 5.60 Å². The van der Waals surface area contributed by atoms with Crippen molar-refractivity contribution in [2.45, 2.75) is 37.7 Å². The number of rotatable bonds is 14. The van der Waals surface area contributed by atoms with Crippen LogP contribution in [0, 0.1) is 0 Å². The number of hydrogen-bond donors (Lipinski definition) is 2. The molecule has 3 aliphatic heterocycles. The van der Waals surface area contributed by atoms with Gasteiger partial charge < -0.3 is 30.2 Å². The molecule has 3 aromatic carbocycles. The molecule has 6 rings (SSSR count). The van der Waals surface area contributed by atoms with Crippen LogP contribution in [0.2, 0.25) is 0 Å². The molecule has 3 heterocycles. The molecule has 1 amide bonds. The van der Waals surface area contributed by atoms with Gasteiger partial charge in [0, 0.05) is 65.7 Å². The first-order chi connectivity index (χ1) is 21.5. The number of nitrogen functional groups attached to an aromatic ring is 1. The number of amides is 1. The van der Waals surface area contributed by atoms with Gasteiger partial charge in [0.2, 0.25) is 0 Å². The Morgan fingerprint density at radius 1 is 0.909 bits per heavy atom. The van der Waals surface area contributed by atoms with Crippen molar-refractivity contribution in [2.24, 2.45) is 0 Å². The number of benzene rings is 3. The van der Waals surface area contributed by atoms with Gasteiger partial charge in [-0.3, -0.25) is 4.79 Å². The van der Waals surface area contributed by atoms with E-state index in [-0.39, 0.29) is 5.91 Å². The van der Waals surface area contributed by atoms with Crippen molar-refractivity contribution in [1.29, 1.82) is 0 Å². The second-order valence-electron chi connectivity index (χ2n) is 11.4. The molecule has 230 valence electrons. The summed E-state index contributed by atoms with van der Waals surface area (Å²) in [5.74, 6) is 0.0808. The molecular formula is C34H38ClN3O5Si. The summed E-state index contributed by atoms with van der Waals surface area (Å²) in [5.41, 5.74) is 10.4. The maximum Gasteiger partial charge on any atom is 0.340 e. The van der Waals surface area contributed by atoms with E-state index in [2.05, 4.69) is 28.4 Å². The Morgan fingerprint density at radius 3 is 2.43 bits per heavy atom. The highest BCUT2D eigenvalue weighted by molar-refractivity contribution is 6.69. The van der Waals surface area contributed by atoms with Crippen molar-refractivity contribution in [3.8, 4) is 0 Å². The summed E-state index contributed by atoms with van der Waals surface area (Å²) in [5, 5.41) is 5.10. The Kier molecular flexibility index (Phi) is 9.56. The van der Waals surface area contributed by atoms with Gasteiger partial charge in [0.25, 0.3) is 5.91 Å². The van der Waals surface area contributed by atoms with Crippen molar-refractivity contribution < 1.29 is 23.8 Å². The monoisotopic (exact) mass is 631 g/mol. The van der Waals surface area contributed by atoms with Crippen molar-refractivity contribution >= 4 is 54.7 Å². The minimum absolute atomic E-state index is 0.234. The van der Waals surface area contributed by atoms with Gasteiger partial charge in [-0.15, -0.1) is 11.6 Å². The van der Waals surface area contributed by atoms with Gasteiger partial charge in [0.1, 0.15) is 9.52 Å². The molecule has 10 heteroatoms. The van der Waals surface area contributed by atoms with Gasteiger partial charge in [-0.05, 0) is 72.1 Å². The molecule has 1 saturated heterocycles. The highest BCUT2D eigenvalue weighted by Gasteiger charge is 2.52. The summed E-state index contributed by atoms with van der Waals surface area (Å²) < 4.78 is 17.6. The number of alkyl halides is 1. The number of nitrogens with one attached hydrogen (secondary N) is 1.